The molecular formula is C20H25N3O5S. The number of esters is 1. The van der Waals surface area contributed by atoms with Crippen molar-refractivity contribution >= 4 is 41.1 Å². The molecule has 2 saturated heterocycles. The van der Waals surface area contributed by atoms with E-state index in [0.717, 1.165) is 11.1 Å². The van der Waals surface area contributed by atoms with Gasteiger partial charge in [0.25, 0.3) is 5.91 Å². The molecule has 156 valence electrons. The largest absolute Gasteiger partial charge is 0.454 e. The minimum absolute atomic E-state index is 0.0629. The van der Waals surface area contributed by atoms with Gasteiger partial charge in [-0.2, -0.15) is 0 Å². The number of hydrogen-bond donors (Lipinski definition) is 2. The van der Waals surface area contributed by atoms with E-state index in [1.54, 1.807) is 22.7 Å². The predicted molar refractivity (Wildman–Crippen MR) is 109 cm³/mol. The molecule has 0 saturated carbocycles. The van der Waals surface area contributed by atoms with Crippen molar-refractivity contribution in [1.29, 1.82) is 0 Å². The molecule has 2 N–H and O–H groups in total. The normalized spacial score (nSPS) is 22.9. The first-order chi connectivity index (χ1) is 13.7. The van der Waals surface area contributed by atoms with Gasteiger partial charge in [0.2, 0.25) is 11.8 Å². The van der Waals surface area contributed by atoms with Crippen LogP contribution in [0.25, 0.3) is 0 Å². The summed E-state index contributed by atoms with van der Waals surface area (Å²) in [6.45, 7) is 5.07. The van der Waals surface area contributed by atoms with Crippen molar-refractivity contribution in [2.75, 3.05) is 24.2 Å². The number of ether oxygens (including phenoxy) is 1. The zero-order chi connectivity index (χ0) is 21.2. The third-order valence-electron chi connectivity index (χ3n) is 5.39. The number of anilines is 1. The molecule has 1 aromatic carbocycles. The molecule has 0 spiro atoms. The number of carbonyl (C=O) groups excluding carboxylic acids is 4. The van der Waals surface area contributed by atoms with Gasteiger partial charge in [0.05, 0.1) is 11.4 Å². The van der Waals surface area contributed by atoms with Crippen molar-refractivity contribution in [2.45, 2.75) is 44.5 Å². The fourth-order valence-corrected chi connectivity index (χ4v) is 4.96. The topological polar surface area (TPSA) is 105 Å². The third kappa shape index (κ3) is 4.55. The molecule has 29 heavy (non-hydrogen) atoms. The number of carbonyl (C=O) groups is 4. The average molecular weight is 420 g/mol. The van der Waals surface area contributed by atoms with Crippen LogP contribution in [0.15, 0.2) is 18.2 Å². The molecule has 0 radical (unpaired) electrons. The Kier molecular flexibility index (Phi) is 6.16. The summed E-state index contributed by atoms with van der Waals surface area (Å²) in [5, 5.41) is 5.17. The van der Waals surface area contributed by atoms with Crippen LogP contribution in [-0.4, -0.2) is 58.4 Å². The van der Waals surface area contributed by atoms with Crippen LogP contribution in [0, 0.1) is 13.8 Å². The summed E-state index contributed by atoms with van der Waals surface area (Å²) in [6, 6.07) is 4.91. The van der Waals surface area contributed by atoms with Gasteiger partial charge in [-0.3, -0.25) is 14.4 Å². The molecule has 1 aromatic rings. The second-order valence-electron chi connectivity index (χ2n) is 7.45. The molecule has 0 aliphatic carbocycles. The fraction of sp³-hybridized carbons (Fsp3) is 0.500. The highest BCUT2D eigenvalue weighted by molar-refractivity contribution is 8.01. The standard InChI is InChI=1S/C20H25N3O5S/c1-12-5-4-6-14(13(12)2)22-16(24)9-21-17(25)10-28-19(27)15-11-29-20(3)8-7-18(26)23(15)20/h4-6,15H,7-11H2,1-3H3,(H,21,25)(H,22,24)/t15-,20-/m0/s1. The van der Waals surface area contributed by atoms with Crippen LogP contribution >= 0.6 is 11.8 Å². The van der Waals surface area contributed by atoms with E-state index in [-0.39, 0.29) is 23.2 Å². The SMILES string of the molecule is Cc1cccc(NC(=O)CNC(=O)COC(=O)[C@@H]2CS[C@@]3(C)CCC(=O)N23)c1C. The number of hydrogen-bond acceptors (Lipinski definition) is 6. The smallest absolute Gasteiger partial charge is 0.330 e. The molecule has 9 heteroatoms. The zero-order valence-electron chi connectivity index (χ0n) is 16.7. The van der Waals surface area contributed by atoms with Crippen molar-refractivity contribution in [2.24, 2.45) is 0 Å². The maximum absolute atomic E-state index is 12.3. The number of aryl methyl sites for hydroxylation is 1. The summed E-state index contributed by atoms with van der Waals surface area (Å²) >= 11 is 1.56. The molecular weight excluding hydrogens is 394 g/mol. The van der Waals surface area contributed by atoms with Gasteiger partial charge in [-0.25, -0.2) is 4.79 Å². The quantitative estimate of drug-likeness (QED) is 0.675. The summed E-state index contributed by atoms with van der Waals surface area (Å²) in [6.07, 6.45) is 1.12. The second-order valence-corrected chi connectivity index (χ2v) is 8.95. The lowest BCUT2D eigenvalue weighted by Crippen LogP contribution is -2.47. The molecule has 0 bridgehead atoms. The number of amides is 3. The number of benzene rings is 1. The fourth-order valence-electron chi connectivity index (χ4n) is 3.54. The summed E-state index contributed by atoms with van der Waals surface area (Å²) < 4.78 is 5.08. The summed E-state index contributed by atoms with van der Waals surface area (Å²) in [7, 11) is 0. The van der Waals surface area contributed by atoms with Crippen LogP contribution in [0.1, 0.15) is 30.9 Å². The Hall–Kier alpha value is -2.55. The van der Waals surface area contributed by atoms with Crippen LogP contribution in [0.5, 0.6) is 0 Å². The first kappa shape index (κ1) is 21.2. The van der Waals surface area contributed by atoms with Crippen molar-refractivity contribution in [3.63, 3.8) is 0 Å². The van der Waals surface area contributed by atoms with Crippen LogP contribution < -0.4 is 10.6 Å². The van der Waals surface area contributed by atoms with E-state index in [1.165, 1.54) is 0 Å². The number of nitrogens with zero attached hydrogens (tertiary/aromatic N) is 1. The highest BCUT2D eigenvalue weighted by atomic mass is 32.2. The lowest BCUT2D eigenvalue weighted by atomic mass is 10.1. The molecule has 2 atom stereocenters. The van der Waals surface area contributed by atoms with Crippen molar-refractivity contribution in [3.8, 4) is 0 Å². The summed E-state index contributed by atoms with van der Waals surface area (Å²) in [5.74, 6) is -1.14. The maximum atomic E-state index is 12.3. The van der Waals surface area contributed by atoms with Crippen molar-refractivity contribution < 1.29 is 23.9 Å². The van der Waals surface area contributed by atoms with Gasteiger partial charge in [-0.1, -0.05) is 12.1 Å². The van der Waals surface area contributed by atoms with Gasteiger partial charge < -0.3 is 20.3 Å². The van der Waals surface area contributed by atoms with Gasteiger partial charge in [-0.05, 0) is 44.4 Å². The zero-order valence-corrected chi connectivity index (χ0v) is 17.6. The predicted octanol–water partition coefficient (Wildman–Crippen LogP) is 1.36. The highest BCUT2D eigenvalue weighted by Gasteiger charge is 2.53. The van der Waals surface area contributed by atoms with Crippen LogP contribution in [0.4, 0.5) is 5.69 Å². The Morgan fingerprint density at radius 2 is 2.03 bits per heavy atom. The van der Waals surface area contributed by atoms with E-state index in [9.17, 15) is 19.2 Å². The minimum Gasteiger partial charge on any atom is -0.454 e. The maximum Gasteiger partial charge on any atom is 0.330 e. The first-order valence-electron chi connectivity index (χ1n) is 9.47. The molecule has 2 heterocycles. The number of rotatable bonds is 6. The lowest BCUT2D eigenvalue weighted by molar-refractivity contribution is -0.156. The highest BCUT2D eigenvalue weighted by Crippen LogP contribution is 2.47. The van der Waals surface area contributed by atoms with Gasteiger partial charge >= 0.3 is 5.97 Å². The first-order valence-corrected chi connectivity index (χ1v) is 10.5. The van der Waals surface area contributed by atoms with Gasteiger partial charge in [0.15, 0.2) is 6.61 Å². The molecule has 2 aliphatic rings. The molecule has 2 fully saturated rings. The van der Waals surface area contributed by atoms with Crippen LogP contribution in [-0.2, 0) is 23.9 Å². The van der Waals surface area contributed by atoms with Crippen LogP contribution in [0.3, 0.4) is 0 Å². The monoisotopic (exact) mass is 419 g/mol. The van der Waals surface area contributed by atoms with Gasteiger partial charge in [0, 0.05) is 17.9 Å². The Morgan fingerprint density at radius 3 is 2.79 bits per heavy atom. The van der Waals surface area contributed by atoms with Gasteiger partial charge in [-0.15, -0.1) is 11.8 Å². The number of nitrogens with one attached hydrogen (secondary N) is 2. The minimum atomic E-state index is -0.666. The Balaban J connectivity index is 1.43. The Bertz CT molecular complexity index is 859. The molecule has 8 nitrogen and oxygen atoms in total. The molecule has 0 unspecified atom stereocenters. The van der Waals surface area contributed by atoms with E-state index >= 15 is 0 Å². The van der Waals surface area contributed by atoms with Crippen LogP contribution in [0.2, 0.25) is 0 Å². The average Bonchev–Trinajstić information content (AvgIpc) is 3.18. The Labute approximate surface area is 173 Å². The molecule has 0 aromatic heterocycles. The molecule has 3 amide bonds. The van der Waals surface area contributed by atoms with E-state index in [4.69, 9.17) is 4.74 Å². The Morgan fingerprint density at radius 1 is 1.28 bits per heavy atom. The van der Waals surface area contributed by atoms with E-state index < -0.39 is 24.5 Å². The van der Waals surface area contributed by atoms with E-state index in [2.05, 4.69) is 10.6 Å². The number of fused-ring (bicyclic) bond motifs is 1. The third-order valence-corrected chi connectivity index (χ3v) is 6.89. The lowest BCUT2D eigenvalue weighted by Gasteiger charge is -2.29. The number of thioether (sulfide) groups is 1. The molecule has 2 aliphatic heterocycles. The summed E-state index contributed by atoms with van der Waals surface area (Å²) in [5.41, 5.74) is 2.70. The van der Waals surface area contributed by atoms with E-state index in [0.29, 0.717) is 24.3 Å². The molecule has 3 rings (SSSR count). The van der Waals surface area contributed by atoms with Crippen molar-refractivity contribution in [1.82, 2.24) is 10.2 Å². The van der Waals surface area contributed by atoms with E-state index in [1.807, 2.05) is 32.9 Å². The second kappa shape index (κ2) is 8.44. The van der Waals surface area contributed by atoms with Gasteiger partial charge in [0.1, 0.15) is 6.04 Å². The summed E-state index contributed by atoms with van der Waals surface area (Å²) in [4.78, 5) is 49.6. The van der Waals surface area contributed by atoms with Crippen molar-refractivity contribution in [3.05, 3.63) is 29.3 Å².